The summed E-state index contributed by atoms with van der Waals surface area (Å²) in [7, 11) is 0. The second-order valence-electron chi connectivity index (χ2n) is 6.65. The molecule has 21 heavy (non-hydrogen) atoms. The van der Waals surface area contributed by atoms with E-state index in [-0.39, 0.29) is 5.78 Å². The molecule has 1 aliphatic heterocycles. The van der Waals surface area contributed by atoms with Crippen LogP contribution in [0.5, 0.6) is 0 Å². The monoisotopic (exact) mass is 350 g/mol. The molecule has 0 amide bonds. The summed E-state index contributed by atoms with van der Waals surface area (Å²) in [5, 5.41) is 0. The van der Waals surface area contributed by atoms with E-state index in [1.807, 2.05) is 24.3 Å². The van der Waals surface area contributed by atoms with Gasteiger partial charge in [0, 0.05) is 4.47 Å². The van der Waals surface area contributed by atoms with E-state index in [2.05, 4.69) is 15.9 Å². The van der Waals surface area contributed by atoms with Crippen molar-refractivity contribution in [3.8, 4) is 0 Å². The van der Waals surface area contributed by atoms with Gasteiger partial charge < -0.3 is 4.74 Å². The number of rotatable bonds is 1. The number of Topliss-reactive ketones (excluding diaryl/α,β-unsaturated/α-hetero) is 1. The Morgan fingerprint density at radius 2 is 1.67 bits per heavy atom. The Kier molecular flexibility index (Phi) is 3.47. The number of hydrogen-bond acceptors (Lipinski definition) is 3. The maximum absolute atomic E-state index is 13.0. The summed E-state index contributed by atoms with van der Waals surface area (Å²) < 4.78 is 6.73. The molecule has 112 valence electrons. The Morgan fingerprint density at radius 1 is 1.10 bits per heavy atom. The standard InChI is InChI=1S/C17H19BrO3/c1-16(2)14(19)17(9-3-4-10-17)13(21-15(16)20)11-5-7-12(18)8-6-11/h5-8,13H,3-4,9-10H2,1-2H3/t13-/m0/s1. The van der Waals surface area contributed by atoms with Gasteiger partial charge in [-0.15, -0.1) is 0 Å². The zero-order valence-electron chi connectivity index (χ0n) is 12.3. The highest BCUT2D eigenvalue weighted by Gasteiger charge is 2.60. The van der Waals surface area contributed by atoms with Crippen LogP contribution < -0.4 is 0 Å². The number of esters is 1. The quantitative estimate of drug-likeness (QED) is 0.563. The fraction of sp³-hybridized carbons (Fsp3) is 0.529. The lowest BCUT2D eigenvalue weighted by atomic mass is 9.64. The SMILES string of the molecule is CC1(C)C(=O)O[C@@H](c2ccc(Br)cc2)C2(CCCC2)C1=O. The molecule has 2 aliphatic rings. The van der Waals surface area contributed by atoms with Crippen molar-refractivity contribution in [3.05, 3.63) is 34.3 Å². The number of hydrogen-bond donors (Lipinski definition) is 0. The van der Waals surface area contributed by atoms with E-state index in [1.165, 1.54) is 0 Å². The van der Waals surface area contributed by atoms with E-state index >= 15 is 0 Å². The molecule has 1 aromatic rings. The first-order chi connectivity index (χ1) is 9.88. The van der Waals surface area contributed by atoms with Gasteiger partial charge in [-0.2, -0.15) is 0 Å². The molecular formula is C17H19BrO3. The van der Waals surface area contributed by atoms with Gasteiger partial charge in [-0.3, -0.25) is 9.59 Å². The number of halogens is 1. The van der Waals surface area contributed by atoms with Gasteiger partial charge in [0.1, 0.15) is 11.5 Å². The summed E-state index contributed by atoms with van der Waals surface area (Å²) in [5.74, 6) is -0.352. The molecule has 0 unspecified atom stereocenters. The first-order valence-electron chi connectivity index (χ1n) is 7.39. The molecule has 0 bridgehead atoms. The van der Waals surface area contributed by atoms with Crippen molar-refractivity contribution in [1.29, 1.82) is 0 Å². The fourth-order valence-corrected chi connectivity index (χ4v) is 3.99. The second-order valence-corrected chi connectivity index (χ2v) is 7.57. The Labute approximate surface area is 133 Å². The average molecular weight is 351 g/mol. The Hall–Kier alpha value is -1.16. The lowest BCUT2D eigenvalue weighted by Gasteiger charge is -2.45. The number of cyclic esters (lactones) is 1. The van der Waals surface area contributed by atoms with E-state index in [1.54, 1.807) is 13.8 Å². The van der Waals surface area contributed by atoms with Crippen LogP contribution >= 0.6 is 15.9 Å². The molecule has 2 fully saturated rings. The van der Waals surface area contributed by atoms with E-state index in [0.29, 0.717) is 0 Å². The number of carbonyl (C=O) groups is 2. The molecule has 0 radical (unpaired) electrons. The van der Waals surface area contributed by atoms with Gasteiger partial charge in [-0.05, 0) is 44.4 Å². The molecule has 1 saturated heterocycles. The van der Waals surface area contributed by atoms with Crippen molar-refractivity contribution in [1.82, 2.24) is 0 Å². The van der Waals surface area contributed by atoms with Crippen LogP contribution in [0.4, 0.5) is 0 Å². The topological polar surface area (TPSA) is 43.4 Å². The minimum absolute atomic E-state index is 0.0525. The third kappa shape index (κ3) is 2.15. The van der Waals surface area contributed by atoms with E-state index in [0.717, 1.165) is 35.7 Å². The summed E-state index contributed by atoms with van der Waals surface area (Å²) in [5.41, 5.74) is -0.654. The number of carbonyl (C=O) groups excluding carboxylic acids is 2. The summed E-state index contributed by atoms with van der Waals surface area (Å²) in [4.78, 5) is 25.3. The van der Waals surface area contributed by atoms with Crippen LogP contribution in [-0.2, 0) is 14.3 Å². The van der Waals surface area contributed by atoms with Crippen molar-refractivity contribution in [2.75, 3.05) is 0 Å². The largest absolute Gasteiger partial charge is 0.456 e. The highest BCUT2D eigenvalue weighted by Crippen LogP contribution is 2.56. The molecule has 1 spiro atoms. The molecule has 1 atom stereocenters. The molecule has 1 saturated carbocycles. The zero-order chi connectivity index (χ0) is 15.3. The fourth-order valence-electron chi connectivity index (χ4n) is 3.72. The normalized spacial score (nSPS) is 26.9. The van der Waals surface area contributed by atoms with Crippen LogP contribution in [-0.4, -0.2) is 11.8 Å². The molecule has 0 N–H and O–H groups in total. The first-order valence-corrected chi connectivity index (χ1v) is 8.19. The van der Waals surface area contributed by atoms with Gasteiger partial charge in [-0.25, -0.2) is 0 Å². The molecular weight excluding hydrogens is 332 g/mol. The summed E-state index contributed by atoms with van der Waals surface area (Å²) in [6, 6.07) is 7.73. The van der Waals surface area contributed by atoms with Gasteiger partial charge >= 0.3 is 5.97 Å². The third-order valence-corrected chi connectivity index (χ3v) is 5.45. The maximum atomic E-state index is 13.0. The number of ether oxygens (including phenoxy) is 1. The van der Waals surface area contributed by atoms with Crippen molar-refractivity contribution < 1.29 is 14.3 Å². The lowest BCUT2D eigenvalue weighted by molar-refractivity contribution is -0.189. The minimum Gasteiger partial charge on any atom is -0.456 e. The summed E-state index contributed by atoms with van der Waals surface area (Å²) >= 11 is 3.41. The van der Waals surface area contributed by atoms with Gasteiger partial charge in [-0.1, -0.05) is 40.9 Å². The van der Waals surface area contributed by atoms with E-state index in [9.17, 15) is 9.59 Å². The minimum atomic E-state index is -1.03. The number of ketones is 1. The Balaban J connectivity index is 2.08. The van der Waals surface area contributed by atoms with Gasteiger partial charge in [0.25, 0.3) is 0 Å². The molecule has 3 nitrogen and oxygen atoms in total. The predicted molar refractivity (Wildman–Crippen MR) is 82.7 cm³/mol. The van der Waals surface area contributed by atoms with Crippen LogP contribution in [0.15, 0.2) is 28.7 Å². The summed E-state index contributed by atoms with van der Waals surface area (Å²) in [6.45, 7) is 3.38. The van der Waals surface area contributed by atoms with E-state index < -0.39 is 22.9 Å². The molecule has 1 heterocycles. The average Bonchev–Trinajstić information content (AvgIpc) is 2.93. The highest BCUT2D eigenvalue weighted by atomic mass is 79.9. The number of benzene rings is 1. The lowest BCUT2D eigenvalue weighted by Crippen LogP contribution is -2.53. The molecule has 1 aliphatic carbocycles. The maximum Gasteiger partial charge on any atom is 0.319 e. The van der Waals surface area contributed by atoms with Gasteiger partial charge in [0.2, 0.25) is 0 Å². The summed E-state index contributed by atoms with van der Waals surface area (Å²) in [6.07, 6.45) is 3.21. The van der Waals surface area contributed by atoms with Crippen molar-refractivity contribution in [2.24, 2.45) is 10.8 Å². The van der Waals surface area contributed by atoms with Crippen LogP contribution in [0.1, 0.15) is 51.2 Å². The third-order valence-electron chi connectivity index (χ3n) is 4.93. The van der Waals surface area contributed by atoms with Gasteiger partial charge in [0.15, 0.2) is 5.78 Å². The molecule has 4 heteroatoms. The van der Waals surface area contributed by atoms with Crippen molar-refractivity contribution in [3.63, 3.8) is 0 Å². The predicted octanol–water partition coefficient (Wildman–Crippen LogP) is 4.20. The molecule has 1 aromatic carbocycles. The smallest absolute Gasteiger partial charge is 0.319 e. The van der Waals surface area contributed by atoms with Crippen LogP contribution in [0.3, 0.4) is 0 Å². The van der Waals surface area contributed by atoms with Gasteiger partial charge in [0.05, 0.1) is 5.41 Å². The highest BCUT2D eigenvalue weighted by molar-refractivity contribution is 9.10. The van der Waals surface area contributed by atoms with Crippen LogP contribution in [0.25, 0.3) is 0 Å². The van der Waals surface area contributed by atoms with E-state index in [4.69, 9.17) is 4.74 Å². The van der Waals surface area contributed by atoms with Crippen LogP contribution in [0, 0.1) is 10.8 Å². The van der Waals surface area contributed by atoms with Crippen molar-refractivity contribution in [2.45, 2.75) is 45.6 Å². The first kappa shape index (κ1) is 14.8. The Bertz CT molecular complexity index is 583. The Morgan fingerprint density at radius 3 is 2.24 bits per heavy atom. The molecule has 0 aromatic heterocycles. The molecule has 3 rings (SSSR count). The second kappa shape index (κ2) is 4.94. The zero-order valence-corrected chi connectivity index (χ0v) is 13.9. The van der Waals surface area contributed by atoms with Crippen LogP contribution in [0.2, 0.25) is 0 Å². The van der Waals surface area contributed by atoms with Crippen molar-refractivity contribution >= 4 is 27.7 Å².